The Labute approximate surface area is 184 Å². The third kappa shape index (κ3) is 3.56. The van der Waals surface area contributed by atoms with Gasteiger partial charge in [0.1, 0.15) is 4.99 Å². The third-order valence-corrected chi connectivity index (χ3v) is 6.34. The number of nitrogens with one attached hydrogen (secondary N) is 1. The number of carbonyl (C=O) groups is 1. The van der Waals surface area contributed by atoms with E-state index in [4.69, 9.17) is 21.9 Å². The largest absolute Gasteiger partial charge is 0.379 e. The number of benzene rings is 1. The number of aromatic nitrogens is 2. The number of fused-ring (bicyclic) bond motifs is 2. The predicted octanol–water partition coefficient (Wildman–Crippen LogP) is 1.97. The van der Waals surface area contributed by atoms with Crippen LogP contribution in [0.2, 0.25) is 0 Å². The molecule has 1 saturated heterocycles. The molecule has 31 heavy (non-hydrogen) atoms. The number of thiocarbonyl (C=S) groups is 1. The summed E-state index contributed by atoms with van der Waals surface area (Å²) in [6.07, 6.45) is 2.01. The SMILES string of the molecule is Cn1cc2c(c(CC(c3ccc4ccccc4n3)N3CCOCC3)c1=O)C(=O)NC2=S. The van der Waals surface area contributed by atoms with Crippen molar-refractivity contribution in [3.05, 3.63) is 75.3 Å². The maximum absolute atomic E-state index is 13.1. The van der Waals surface area contributed by atoms with Gasteiger partial charge in [-0.25, -0.2) is 0 Å². The lowest BCUT2D eigenvalue weighted by Crippen LogP contribution is -2.41. The van der Waals surface area contributed by atoms with Crippen LogP contribution >= 0.6 is 12.2 Å². The number of para-hydroxylation sites is 1. The van der Waals surface area contributed by atoms with Gasteiger partial charge in [-0.1, -0.05) is 36.5 Å². The molecule has 1 aromatic carbocycles. The van der Waals surface area contributed by atoms with Crippen molar-refractivity contribution < 1.29 is 9.53 Å². The summed E-state index contributed by atoms with van der Waals surface area (Å²) in [5.41, 5.74) is 3.09. The summed E-state index contributed by atoms with van der Waals surface area (Å²) in [7, 11) is 1.69. The van der Waals surface area contributed by atoms with Gasteiger partial charge in [0.2, 0.25) is 0 Å². The summed E-state index contributed by atoms with van der Waals surface area (Å²) in [6, 6.07) is 11.9. The third-order valence-electron chi connectivity index (χ3n) is 6.02. The van der Waals surface area contributed by atoms with E-state index in [-0.39, 0.29) is 17.5 Å². The van der Waals surface area contributed by atoms with Crippen LogP contribution in [0.3, 0.4) is 0 Å². The molecule has 0 aliphatic carbocycles. The van der Waals surface area contributed by atoms with Crippen molar-refractivity contribution in [2.45, 2.75) is 12.5 Å². The van der Waals surface area contributed by atoms with E-state index in [1.165, 1.54) is 4.57 Å². The Hall–Kier alpha value is -2.94. The molecule has 2 aromatic heterocycles. The molecular weight excluding hydrogens is 412 g/mol. The van der Waals surface area contributed by atoms with Crippen molar-refractivity contribution in [1.29, 1.82) is 0 Å². The standard InChI is InChI=1S/C23H22N4O3S/c1-26-13-16-20(21(28)25-22(16)31)15(23(26)29)12-19(27-8-10-30-11-9-27)18-7-6-14-4-2-3-5-17(14)24-18/h2-7,13,19H,8-12H2,1H3,(H,25,28,31). The monoisotopic (exact) mass is 434 g/mol. The zero-order chi connectivity index (χ0) is 21.5. The highest BCUT2D eigenvalue weighted by Crippen LogP contribution is 2.29. The van der Waals surface area contributed by atoms with E-state index in [0.29, 0.717) is 41.3 Å². The molecule has 1 N–H and O–H groups in total. The Balaban J connectivity index is 1.63. The second-order valence-corrected chi connectivity index (χ2v) is 8.30. The minimum Gasteiger partial charge on any atom is -0.379 e. The molecule has 2 aliphatic heterocycles. The quantitative estimate of drug-likeness (QED) is 0.633. The molecule has 3 aromatic rings. The van der Waals surface area contributed by atoms with Crippen molar-refractivity contribution >= 4 is 34.0 Å². The topological polar surface area (TPSA) is 76.5 Å². The molecule has 4 heterocycles. The van der Waals surface area contributed by atoms with Crippen molar-refractivity contribution in [2.24, 2.45) is 7.05 Å². The number of nitrogens with zero attached hydrogens (tertiary/aromatic N) is 3. The Morgan fingerprint density at radius 3 is 2.74 bits per heavy atom. The molecule has 0 saturated carbocycles. The normalized spacial score (nSPS) is 17.6. The van der Waals surface area contributed by atoms with Crippen LogP contribution in [0.1, 0.15) is 33.2 Å². The molecule has 1 unspecified atom stereocenters. The lowest BCUT2D eigenvalue weighted by Gasteiger charge is -2.34. The van der Waals surface area contributed by atoms with Crippen molar-refractivity contribution in [3.63, 3.8) is 0 Å². The Morgan fingerprint density at radius 2 is 1.94 bits per heavy atom. The molecule has 1 atom stereocenters. The van der Waals surface area contributed by atoms with Crippen molar-refractivity contribution in [3.8, 4) is 0 Å². The highest BCUT2D eigenvalue weighted by Gasteiger charge is 2.33. The molecule has 158 valence electrons. The summed E-state index contributed by atoms with van der Waals surface area (Å²) >= 11 is 5.31. The number of ether oxygens (including phenoxy) is 1. The number of pyridine rings is 2. The predicted molar refractivity (Wildman–Crippen MR) is 121 cm³/mol. The lowest BCUT2D eigenvalue weighted by atomic mass is 9.95. The summed E-state index contributed by atoms with van der Waals surface area (Å²) in [4.78, 5) is 33.3. The number of amides is 1. The zero-order valence-electron chi connectivity index (χ0n) is 17.1. The van der Waals surface area contributed by atoms with Crippen LogP contribution in [0.25, 0.3) is 10.9 Å². The first kappa shape index (κ1) is 20.0. The number of carbonyl (C=O) groups excluding carboxylic acids is 1. The van der Waals surface area contributed by atoms with Gasteiger partial charge in [-0.05, 0) is 18.6 Å². The molecule has 8 heteroatoms. The average Bonchev–Trinajstić information content (AvgIpc) is 3.07. The Morgan fingerprint density at radius 1 is 1.16 bits per heavy atom. The fourth-order valence-corrected chi connectivity index (χ4v) is 4.67. The minimum atomic E-state index is -0.306. The van der Waals surface area contributed by atoms with Crippen LogP contribution in [0.4, 0.5) is 0 Å². The summed E-state index contributed by atoms with van der Waals surface area (Å²) in [5.74, 6) is -0.306. The van der Waals surface area contributed by atoms with Gasteiger partial charge in [0.15, 0.2) is 0 Å². The Kier molecular flexibility index (Phi) is 5.13. The van der Waals surface area contributed by atoms with E-state index in [1.807, 2.05) is 30.3 Å². The molecule has 0 spiro atoms. The van der Waals surface area contributed by atoms with Gasteiger partial charge in [0.25, 0.3) is 11.5 Å². The summed E-state index contributed by atoms with van der Waals surface area (Å²) in [6.45, 7) is 2.72. The van der Waals surface area contributed by atoms with E-state index < -0.39 is 0 Å². The van der Waals surface area contributed by atoms with Crippen LogP contribution in [0.15, 0.2) is 47.4 Å². The molecular formula is C23H22N4O3S. The number of rotatable bonds is 4. The van der Waals surface area contributed by atoms with Gasteiger partial charge in [-0.3, -0.25) is 19.5 Å². The number of morpholine rings is 1. The van der Waals surface area contributed by atoms with E-state index in [1.54, 1.807) is 13.2 Å². The Bertz CT molecular complexity index is 1260. The molecule has 7 nitrogen and oxygen atoms in total. The van der Waals surface area contributed by atoms with Crippen LogP contribution in [-0.2, 0) is 18.2 Å². The van der Waals surface area contributed by atoms with E-state index >= 15 is 0 Å². The van der Waals surface area contributed by atoms with Gasteiger partial charge in [-0.2, -0.15) is 0 Å². The number of aryl methyl sites for hydroxylation is 1. The molecule has 0 radical (unpaired) electrons. The number of hydrogen-bond donors (Lipinski definition) is 1. The van der Waals surface area contributed by atoms with Gasteiger partial charge in [0.05, 0.1) is 36.0 Å². The maximum atomic E-state index is 13.1. The van der Waals surface area contributed by atoms with Gasteiger partial charge >= 0.3 is 0 Å². The molecule has 5 rings (SSSR count). The first-order valence-electron chi connectivity index (χ1n) is 10.3. The van der Waals surface area contributed by atoms with Gasteiger partial charge in [0, 0.05) is 42.8 Å². The van der Waals surface area contributed by atoms with Crippen molar-refractivity contribution in [1.82, 2.24) is 19.8 Å². The average molecular weight is 435 g/mol. The van der Waals surface area contributed by atoms with Crippen LogP contribution in [0, 0.1) is 0 Å². The second kappa shape index (κ2) is 7.96. The zero-order valence-corrected chi connectivity index (χ0v) is 17.9. The summed E-state index contributed by atoms with van der Waals surface area (Å²) < 4.78 is 7.05. The van der Waals surface area contributed by atoms with Crippen LogP contribution in [-0.4, -0.2) is 51.6 Å². The second-order valence-electron chi connectivity index (χ2n) is 7.89. The minimum absolute atomic E-state index is 0.158. The maximum Gasteiger partial charge on any atom is 0.257 e. The van der Waals surface area contributed by atoms with Crippen LogP contribution < -0.4 is 10.9 Å². The summed E-state index contributed by atoms with van der Waals surface area (Å²) in [5, 5.41) is 3.75. The lowest BCUT2D eigenvalue weighted by molar-refractivity contribution is 0.0151. The van der Waals surface area contributed by atoms with E-state index in [2.05, 4.69) is 16.3 Å². The molecule has 2 aliphatic rings. The smallest absolute Gasteiger partial charge is 0.257 e. The van der Waals surface area contributed by atoms with E-state index in [9.17, 15) is 9.59 Å². The first-order valence-corrected chi connectivity index (χ1v) is 10.7. The number of hydrogen-bond acceptors (Lipinski definition) is 6. The van der Waals surface area contributed by atoms with Gasteiger partial charge < -0.3 is 14.6 Å². The van der Waals surface area contributed by atoms with Crippen molar-refractivity contribution in [2.75, 3.05) is 26.3 Å². The van der Waals surface area contributed by atoms with Gasteiger partial charge in [-0.15, -0.1) is 0 Å². The first-order chi connectivity index (χ1) is 15.0. The van der Waals surface area contributed by atoms with Crippen LogP contribution in [0.5, 0.6) is 0 Å². The highest BCUT2D eigenvalue weighted by molar-refractivity contribution is 7.80. The fourth-order valence-electron chi connectivity index (χ4n) is 4.42. The molecule has 0 bridgehead atoms. The van der Waals surface area contributed by atoms with E-state index in [0.717, 1.165) is 29.7 Å². The molecule has 1 fully saturated rings. The fraction of sp³-hybridized carbons (Fsp3) is 0.304. The molecule has 1 amide bonds. The highest BCUT2D eigenvalue weighted by atomic mass is 32.1.